The number of esters is 1. The number of imide groups is 1. The maximum absolute atomic E-state index is 13.3. The van der Waals surface area contributed by atoms with Gasteiger partial charge in [-0.1, -0.05) is 41.9 Å². The van der Waals surface area contributed by atoms with E-state index in [1.165, 1.54) is 12.1 Å². The first-order chi connectivity index (χ1) is 20.7. The van der Waals surface area contributed by atoms with E-state index in [1.807, 2.05) is 30.3 Å². The molecule has 0 saturated carbocycles. The molecule has 3 amide bonds. The van der Waals surface area contributed by atoms with E-state index < -0.39 is 23.7 Å². The summed E-state index contributed by atoms with van der Waals surface area (Å²) in [6, 6.07) is 28.4. The monoisotopic (exact) mass is 595 g/mol. The summed E-state index contributed by atoms with van der Waals surface area (Å²) in [6.07, 6.45) is -0.279. The normalized spacial score (nSPS) is 12.9. The number of carbonyl (C=O) groups excluding carboxylic acids is 4. The molecule has 4 aromatic carbocycles. The zero-order chi connectivity index (χ0) is 30.5. The SMILES string of the molecule is CC(C)OC(=O)c1cccc(NC(=O)c2cccc(NC3=C(Cl)C(=O)N(c4ccc(Oc5ccccc5)cc4)C3=O)c2)c1. The molecule has 0 fully saturated rings. The third-order valence-electron chi connectivity index (χ3n) is 6.19. The lowest BCUT2D eigenvalue weighted by atomic mass is 10.1. The number of nitrogens with one attached hydrogen (secondary N) is 2. The van der Waals surface area contributed by atoms with Crippen LogP contribution in [0.5, 0.6) is 11.5 Å². The van der Waals surface area contributed by atoms with Crippen LogP contribution in [-0.2, 0) is 14.3 Å². The molecule has 0 spiro atoms. The van der Waals surface area contributed by atoms with Crippen LogP contribution in [-0.4, -0.2) is 29.8 Å². The fourth-order valence-electron chi connectivity index (χ4n) is 4.23. The van der Waals surface area contributed by atoms with Gasteiger partial charge in [-0.25, -0.2) is 9.69 Å². The largest absolute Gasteiger partial charge is 0.459 e. The first-order valence-electron chi connectivity index (χ1n) is 13.3. The highest BCUT2D eigenvalue weighted by Gasteiger charge is 2.39. The summed E-state index contributed by atoms with van der Waals surface area (Å²) in [7, 11) is 0. The van der Waals surface area contributed by atoms with Crippen LogP contribution in [0.2, 0.25) is 0 Å². The summed E-state index contributed by atoms with van der Waals surface area (Å²) in [5.41, 5.74) is 1.53. The van der Waals surface area contributed by atoms with Gasteiger partial charge in [-0.15, -0.1) is 0 Å². The van der Waals surface area contributed by atoms with E-state index >= 15 is 0 Å². The number of halogens is 1. The Kier molecular flexibility index (Phi) is 8.54. The summed E-state index contributed by atoms with van der Waals surface area (Å²) in [4.78, 5) is 52.4. The van der Waals surface area contributed by atoms with Crippen molar-refractivity contribution < 1.29 is 28.7 Å². The Morgan fingerprint density at radius 1 is 0.744 bits per heavy atom. The summed E-state index contributed by atoms with van der Waals surface area (Å²) in [5, 5.41) is 5.35. The van der Waals surface area contributed by atoms with Crippen molar-refractivity contribution in [3.8, 4) is 11.5 Å². The van der Waals surface area contributed by atoms with Crippen molar-refractivity contribution in [1.29, 1.82) is 0 Å². The number of hydrogen-bond donors (Lipinski definition) is 2. The molecule has 0 saturated heterocycles. The van der Waals surface area contributed by atoms with Crippen LogP contribution in [0, 0.1) is 0 Å². The molecular weight excluding hydrogens is 570 g/mol. The lowest BCUT2D eigenvalue weighted by Crippen LogP contribution is -2.32. The molecule has 1 heterocycles. The second-order valence-corrected chi connectivity index (χ2v) is 10.1. The molecule has 4 aromatic rings. The Morgan fingerprint density at radius 2 is 1.37 bits per heavy atom. The Hall–Kier alpha value is -5.41. The number of benzene rings is 4. The molecule has 5 rings (SSSR count). The number of carbonyl (C=O) groups is 4. The van der Waals surface area contributed by atoms with Crippen molar-refractivity contribution in [2.24, 2.45) is 0 Å². The van der Waals surface area contributed by atoms with E-state index in [2.05, 4.69) is 10.6 Å². The molecule has 9 nitrogen and oxygen atoms in total. The molecule has 1 aliphatic rings. The second-order valence-electron chi connectivity index (χ2n) is 9.74. The van der Waals surface area contributed by atoms with Crippen LogP contribution in [0.3, 0.4) is 0 Å². The van der Waals surface area contributed by atoms with Gasteiger partial charge in [0.1, 0.15) is 22.2 Å². The molecule has 0 aliphatic carbocycles. The van der Waals surface area contributed by atoms with Crippen molar-refractivity contribution in [1.82, 2.24) is 0 Å². The van der Waals surface area contributed by atoms with Gasteiger partial charge in [-0.3, -0.25) is 14.4 Å². The van der Waals surface area contributed by atoms with Crippen LogP contribution in [0.15, 0.2) is 114 Å². The van der Waals surface area contributed by atoms with E-state index in [-0.39, 0.29) is 22.4 Å². The lowest BCUT2D eigenvalue weighted by Gasteiger charge is -2.16. The first kappa shape index (κ1) is 29.1. The van der Waals surface area contributed by atoms with Crippen molar-refractivity contribution in [2.75, 3.05) is 15.5 Å². The molecule has 10 heteroatoms. The van der Waals surface area contributed by atoms with Crippen molar-refractivity contribution >= 4 is 52.4 Å². The molecule has 0 unspecified atom stereocenters. The van der Waals surface area contributed by atoms with Gasteiger partial charge in [0.05, 0.1) is 17.4 Å². The maximum atomic E-state index is 13.3. The Morgan fingerprint density at radius 3 is 2.07 bits per heavy atom. The smallest absolute Gasteiger partial charge is 0.338 e. The molecule has 0 atom stereocenters. The van der Waals surface area contributed by atoms with Gasteiger partial charge in [0, 0.05) is 16.9 Å². The molecule has 43 heavy (non-hydrogen) atoms. The minimum atomic E-state index is -0.685. The zero-order valence-corrected chi connectivity index (χ0v) is 23.9. The maximum Gasteiger partial charge on any atom is 0.338 e. The van der Waals surface area contributed by atoms with E-state index in [0.29, 0.717) is 34.1 Å². The van der Waals surface area contributed by atoms with E-state index in [1.54, 1.807) is 74.5 Å². The van der Waals surface area contributed by atoms with Crippen LogP contribution < -0.4 is 20.3 Å². The van der Waals surface area contributed by atoms with Gasteiger partial charge in [0.15, 0.2) is 0 Å². The lowest BCUT2D eigenvalue weighted by molar-refractivity contribution is -0.120. The number of rotatable bonds is 9. The minimum absolute atomic E-state index is 0.120. The van der Waals surface area contributed by atoms with Crippen molar-refractivity contribution in [3.05, 3.63) is 125 Å². The standard InChI is InChI=1S/C33H26ClN3O6/c1-20(2)42-33(41)22-9-7-11-24(19-22)36-30(38)21-8-6-10-23(18-21)35-29-28(34)31(39)37(32(29)40)25-14-16-27(17-15-25)43-26-12-4-3-5-13-26/h3-20,35H,1-2H3,(H,36,38). The fraction of sp³-hybridized carbons (Fsp3) is 0.0909. The predicted molar refractivity (Wildman–Crippen MR) is 163 cm³/mol. The van der Waals surface area contributed by atoms with Crippen molar-refractivity contribution in [3.63, 3.8) is 0 Å². The van der Waals surface area contributed by atoms with E-state index in [4.69, 9.17) is 21.1 Å². The third kappa shape index (κ3) is 6.74. The summed E-state index contributed by atoms with van der Waals surface area (Å²) < 4.78 is 11.0. The van der Waals surface area contributed by atoms with Gasteiger partial charge in [-0.05, 0) is 86.6 Å². The topological polar surface area (TPSA) is 114 Å². The minimum Gasteiger partial charge on any atom is -0.459 e. The van der Waals surface area contributed by atoms with E-state index in [9.17, 15) is 19.2 Å². The number of nitrogens with zero attached hydrogens (tertiary/aromatic N) is 1. The quantitative estimate of drug-likeness (QED) is 0.163. The van der Waals surface area contributed by atoms with Gasteiger partial charge >= 0.3 is 5.97 Å². The molecule has 1 aliphatic heterocycles. The molecule has 0 aromatic heterocycles. The van der Waals surface area contributed by atoms with Gasteiger partial charge in [-0.2, -0.15) is 0 Å². The molecule has 216 valence electrons. The fourth-order valence-corrected chi connectivity index (χ4v) is 4.44. The number of ether oxygens (including phenoxy) is 2. The number of para-hydroxylation sites is 1. The van der Waals surface area contributed by atoms with Gasteiger partial charge < -0.3 is 20.1 Å². The Balaban J connectivity index is 1.27. The zero-order valence-electron chi connectivity index (χ0n) is 23.2. The van der Waals surface area contributed by atoms with Crippen LogP contribution in [0.1, 0.15) is 34.6 Å². The molecule has 2 N–H and O–H groups in total. The molecule has 0 bridgehead atoms. The van der Waals surface area contributed by atoms with Crippen LogP contribution in [0.4, 0.5) is 17.1 Å². The number of amides is 3. The highest BCUT2D eigenvalue weighted by molar-refractivity contribution is 6.53. The highest BCUT2D eigenvalue weighted by Crippen LogP contribution is 2.32. The number of hydrogen-bond acceptors (Lipinski definition) is 7. The predicted octanol–water partition coefficient (Wildman–Crippen LogP) is 6.73. The summed E-state index contributed by atoms with van der Waals surface area (Å²) in [6.45, 7) is 3.50. The number of anilines is 3. The summed E-state index contributed by atoms with van der Waals surface area (Å²) in [5.74, 6) is -1.10. The van der Waals surface area contributed by atoms with Crippen LogP contribution >= 0.6 is 11.6 Å². The van der Waals surface area contributed by atoms with Gasteiger partial charge in [0.2, 0.25) is 0 Å². The van der Waals surface area contributed by atoms with E-state index in [0.717, 1.165) is 4.90 Å². The average Bonchev–Trinajstić information content (AvgIpc) is 3.21. The summed E-state index contributed by atoms with van der Waals surface area (Å²) >= 11 is 6.30. The average molecular weight is 596 g/mol. The highest BCUT2D eigenvalue weighted by atomic mass is 35.5. The van der Waals surface area contributed by atoms with Gasteiger partial charge in [0.25, 0.3) is 17.7 Å². The second kappa shape index (κ2) is 12.6. The molecular formula is C33H26ClN3O6. The van der Waals surface area contributed by atoms with Crippen LogP contribution in [0.25, 0.3) is 0 Å². The third-order valence-corrected chi connectivity index (χ3v) is 6.54. The Bertz CT molecular complexity index is 1740. The van der Waals surface area contributed by atoms with Crippen molar-refractivity contribution in [2.45, 2.75) is 20.0 Å². The first-order valence-corrected chi connectivity index (χ1v) is 13.7. The Labute approximate surface area is 252 Å². The molecule has 0 radical (unpaired) electrons.